The summed E-state index contributed by atoms with van der Waals surface area (Å²) in [5.41, 5.74) is 0.847. The number of carbonyl (C=O) groups is 2. The quantitative estimate of drug-likeness (QED) is 0.494. The zero-order valence-corrected chi connectivity index (χ0v) is 12.3. The van der Waals surface area contributed by atoms with Gasteiger partial charge in [-0.25, -0.2) is 4.39 Å². The van der Waals surface area contributed by atoms with Crippen LogP contribution in [0.3, 0.4) is 0 Å². The fraction of sp³-hybridized carbons (Fsp3) is 0.222. The van der Waals surface area contributed by atoms with Crippen molar-refractivity contribution in [3.63, 3.8) is 0 Å². The van der Waals surface area contributed by atoms with E-state index in [0.29, 0.717) is 36.5 Å². The third-order valence-corrected chi connectivity index (χ3v) is 3.70. The van der Waals surface area contributed by atoms with Crippen LogP contribution in [0.2, 0.25) is 0 Å². The van der Waals surface area contributed by atoms with E-state index < -0.39 is 0 Å². The number of halogens is 1. The first kappa shape index (κ1) is 15.4. The highest BCUT2D eigenvalue weighted by Gasteiger charge is 2.25. The first-order valence-corrected chi connectivity index (χ1v) is 7.33. The second-order valence-corrected chi connectivity index (χ2v) is 5.34. The van der Waals surface area contributed by atoms with Crippen molar-refractivity contribution in [1.29, 1.82) is 0 Å². The standard InChI is InChI=1S/C18H15FO4/c19-15-5-1-12(2-6-15)17(20)13-3-7-16(8-4-13)23-18(21)14-9-10-22-11-14/h1-8,14H,9-11H2. The van der Waals surface area contributed by atoms with Crippen molar-refractivity contribution < 1.29 is 23.5 Å². The molecule has 1 fully saturated rings. The van der Waals surface area contributed by atoms with Crippen LogP contribution in [0.5, 0.6) is 5.75 Å². The van der Waals surface area contributed by atoms with Crippen LogP contribution in [0, 0.1) is 11.7 Å². The van der Waals surface area contributed by atoms with E-state index in [1.807, 2.05) is 0 Å². The number of rotatable bonds is 4. The van der Waals surface area contributed by atoms with Gasteiger partial charge >= 0.3 is 5.97 Å². The lowest BCUT2D eigenvalue weighted by atomic mass is 10.0. The van der Waals surface area contributed by atoms with Gasteiger partial charge in [0.2, 0.25) is 0 Å². The maximum atomic E-state index is 12.9. The van der Waals surface area contributed by atoms with Crippen LogP contribution < -0.4 is 4.74 Å². The summed E-state index contributed by atoms with van der Waals surface area (Å²) >= 11 is 0. The Morgan fingerprint density at radius 1 is 1.00 bits per heavy atom. The minimum atomic E-state index is -0.389. The van der Waals surface area contributed by atoms with Crippen LogP contribution in [-0.2, 0) is 9.53 Å². The van der Waals surface area contributed by atoms with Gasteiger partial charge < -0.3 is 9.47 Å². The Kier molecular flexibility index (Phi) is 4.48. The van der Waals surface area contributed by atoms with Crippen LogP contribution in [0.25, 0.3) is 0 Å². The van der Waals surface area contributed by atoms with Crippen molar-refractivity contribution in [2.45, 2.75) is 6.42 Å². The molecule has 3 rings (SSSR count). The van der Waals surface area contributed by atoms with E-state index >= 15 is 0 Å². The fourth-order valence-corrected chi connectivity index (χ4v) is 2.36. The molecule has 1 unspecified atom stereocenters. The highest BCUT2D eigenvalue weighted by atomic mass is 19.1. The fourth-order valence-electron chi connectivity index (χ4n) is 2.36. The maximum absolute atomic E-state index is 12.9. The topological polar surface area (TPSA) is 52.6 Å². The molecule has 1 saturated heterocycles. The van der Waals surface area contributed by atoms with Crippen molar-refractivity contribution in [1.82, 2.24) is 0 Å². The molecule has 0 aliphatic carbocycles. The summed E-state index contributed by atoms with van der Waals surface area (Å²) in [6.45, 7) is 0.963. The molecule has 0 spiro atoms. The van der Waals surface area contributed by atoms with E-state index in [-0.39, 0.29) is 23.5 Å². The first-order chi connectivity index (χ1) is 11.1. The molecule has 1 aliphatic heterocycles. The minimum absolute atomic E-state index is 0.216. The second kappa shape index (κ2) is 6.71. The summed E-state index contributed by atoms with van der Waals surface area (Å²) in [5.74, 6) is -0.764. The zero-order valence-electron chi connectivity index (χ0n) is 12.3. The first-order valence-electron chi connectivity index (χ1n) is 7.33. The summed E-state index contributed by atoms with van der Waals surface area (Å²) in [6, 6.07) is 11.7. The van der Waals surface area contributed by atoms with E-state index in [2.05, 4.69) is 0 Å². The molecule has 0 amide bonds. The molecule has 2 aromatic rings. The number of benzene rings is 2. The summed E-state index contributed by atoms with van der Waals surface area (Å²) in [5, 5.41) is 0. The SMILES string of the molecule is O=C(c1ccc(F)cc1)c1ccc(OC(=O)C2CCOC2)cc1. The number of hydrogen-bond acceptors (Lipinski definition) is 4. The van der Waals surface area contributed by atoms with Gasteiger partial charge in [0, 0.05) is 17.7 Å². The molecule has 23 heavy (non-hydrogen) atoms. The Balaban J connectivity index is 1.67. The lowest BCUT2D eigenvalue weighted by molar-refractivity contribution is -0.138. The molecule has 1 aliphatic rings. The molecule has 0 N–H and O–H groups in total. The van der Waals surface area contributed by atoms with E-state index in [1.54, 1.807) is 24.3 Å². The molecular formula is C18H15FO4. The van der Waals surface area contributed by atoms with E-state index in [1.165, 1.54) is 24.3 Å². The number of carbonyl (C=O) groups excluding carboxylic acids is 2. The van der Waals surface area contributed by atoms with Crippen molar-refractivity contribution in [3.05, 3.63) is 65.5 Å². The Morgan fingerprint density at radius 2 is 1.61 bits per heavy atom. The van der Waals surface area contributed by atoms with Crippen LogP contribution in [0.4, 0.5) is 4.39 Å². The van der Waals surface area contributed by atoms with Crippen molar-refractivity contribution in [2.24, 2.45) is 5.92 Å². The molecule has 5 heteroatoms. The molecular weight excluding hydrogens is 299 g/mol. The van der Waals surface area contributed by atoms with E-state index in [0.717, 1.165) is 0 Å². The van der Waals surface area contributed by atoms with Crippen LogP contribution in [0.1, 0.15) is 22.3 Å². The predicted molar refractivity (Wildman–Crippen MR) is 80.8 cm³/mol. The molecule has 0 aromatic heterocycles. The van der Waals surface area contributed by atoms with Crippen LogP contribution >= 0.6 is 0 Å². The highest BCUT2D eigenvalue weighted by Crippen LogP contribution is 2.19. The van der Waals surface area contributed by atoms with Gasteiger partial charge in [-0.15, -0.1) is 0 Å². The lowest BCUT2D eigenvalue weighted by Gasteiger charge is -2.08. The van der Waals surface area contributed by atoms with Gasteiger partial charge in [-0.2, -0.15) is 0 Å². The maximum Gasteiger partial charge on any atom is 0.316 e. The second-order valence-electron chi connectivity index (χ2n) is 5.34. The van der Waals surface area contributed by atoms with Crippen molar-refractivity contribution in [3.8, 4) is 5.75 Å². The number of esters is 1. The minimum Gasteiger partial charge on any atom is -0.426 e. The van der Waals surface area contributed by atoms with Crippen molar-refractivity contribution in [2.75, 3.05) is 13.2 Å². The highest BCUT2D eigenvalue weighted by molar-refractivity contribution is 6.09. The number of ether oxygens (including phenoxy) is 2. The van der Waals surface area contributed by atoms with Gasteiger partial charge in [-0.05, 0) is 55.0 Å². The molecule has 4 nitrogen and oxygen atoms in total. The normalized spacial score (nSPS) is 17.0. The molecule has 1 atom stereocenters. The molecule has 118 valence electrons. The van der Waals surface area contributed by atoms with Gasteiger partial charge in [0.1, 0.15) is 11.6 Å². The molecule has 0 radical (unpaired) electrons. The van der Waals surface area contributed by atoms with Crippen LogP contribution in [0.15, 0.2) is 48.5 Å². The predicted octanol–water partition coefficient (Wildman–Crippen LogP) is 3.00. The molecule has 0 saturated carbocycles. The van der Waals surface area contributed by atoms with Crippen molar-refractivity contribution >= 4 is 11.8 Å². The Hall–Kier alpha value is -2.53. The third-order valence-electron chi connectivity index (χ3n) is 3.70. The largest absolute Gasteiger partial charge is 0.426 e. The molecule has 0 bridgehead atoms. The van der Waals surface area contributed by atoms with Crippen LogP contribution in [-0.4, -0.2) is 25.0 Å². The third kappa shape index (κ3) is 3.63. The molecule has 2 aromatic carbocycles. The van der Waals surface area contributed by atoms with E-state index in [9.17, 15) is 14.0 Å². The summed E-state index contributed by atoms with van der Waals surface area (Å²) in [7, 11) is 0. The summed E-state index contributed by atoms with van der Waals surface area (Å²) in [6.07, 6.45) is 0.667. The number of hydrogen-bond donors (Lipinski definition) is 0. The van der Waals surface area contributed by atoms with Gasteiger partial charge in [-0.1, -0.05) is 0 Å². The van der Waals surface area contributed by atoms with E-state index in [4.69, 9.17) is 9.47 Å². The van der Waals surface area contributed by atoms with Gasteiger partial charge in [0.15, 0.2) is 5.78 Å². The average molecular weight is 314 g/mol. The lowest BCUT2D eigenvalue weighted by Crippen LogP contribution is -2.20. The average Bonchev–Trinajstić information content (AvgIpc) is 3.10. The Bertz CT molecular complexity index is 701. The Morgan fingerprint density at radius 3 is 2.17 bits per heavy atom. The number of ketones is 1. The van der Waals surface area contributed by atoms with Gasteiger partial charge in [0.25, 0.3) is 0 Å². The molecule has 1 heterocycles. The summed E-state index contributed by atoms with van der Waals surface area (Å²) < 4.78 is 23.3. The van der Waals surface area contributed by atoms with Gasteiger partial charge in [-0.3, -0.25) is 9.59 Å². The summed E-state index contributed by atoms with van der Waals surface area (Å²) in [4.78, 5) is 24.1. The monoisotopic (exact) mass is 314 g/mol. The van der Waals surface area contributed by atoms with Gasteiger partial charge in [0.05, 0.1) is 12.5 Å². The Labute approximate surface area is 132 Å². The zero-order chi connectivity index (χ0) is 16.2. The smallest absolute Gasteiger partial charge is 0.316 e.